The van der Waals surface area contributed by atoms with Gasteiger partial charge in [0.2, 0.25) is 17.7 Å². The zero-order chi connectivity index (χ0) is 28.0. The molecule has 1 saturated carbocycles. The van der Waals surface area contributed by atoms with Crippen molar-refractivity contribution >= 4 is 29.3 Å². The van der Waals surface area contributed by atoms with Crippen LogP contribution < -0.4 is 20.1 Å². The Morgan fingerprint density at radius 3 is 2.11 bits per heavy atom. The molecule has 1 unspecified atom stereocenters. The highest BCUT2D eigenvalue weighted by Crippen LogP contribution is 2.69. The Hall–Kier alpha value is -3.88. The third-order valence-corrected chi connectivity index (χ3v) is 8.55. The molecule has 2 aromatic rings. The maximum atomic E-state index is 13.9. The minimum Gasteiger partial charge on any atom is -0.493 e. The van der Waals surface area contributed by atoms with E-state index in [1.165, 1.54) is 24.3 Å². The number of nitrogens with zero attached hydrogens (tertiary/aromatic N) is 2. The third-order valence-electron chi connectivity index (χ3n) is 8.55. The summed E-state index contributed by atoms with van der Waals surface area (Å²) in [6.45, 7) is 8.47. The molecule has 2 fully saturated rings. The second-order valence-corrected chi connectivity index (χ2v) is 11.0. The summed E-state index contributed by atoms with van der Waals surface area (Å²) in [4.78, 5) is 54.7. The number of amides is 4. The van der Waals surface area contributed by atoms with Gasteiger partial charge in [0.25, 0.3) is 5.91 Å². The molecule has 9 nitrogen and oxygen atoms in total. The van der Waals surface area contributed by atoms with E-state index in [1.54, 1.807) is 25.2 Å². The first-order valence-electron chi connectivity index (χ1n) is 12.6. The molecule has 1 aliphatic heterocycles. The monoisotopic (exact) mass is 521 g/mol. The molecule has 2 N–H and O–H groups in total. The summed E-state index contributed by atoms with van der Waals surface area (Å²) < 4.78 is 10.7. The van der Waals surface area contributed by atoms with Crippen LogP contribution in [0.1, 0.15) is 50.0 Å². The van der Waals surface area contributed by atoms with Crippen LogP contribution >= 0.6 is 0 Å². The summed E-state index contributed by atoms with van der Waals surface area (Å²) >= 11 is 0. The van der Waals surface area contributed by atoms with Crippen LogP contribution in [0.25, 0.3) is 0 Å². The van der Waals surface area contributed by atoms with Crippen molar-refractivity contribution in [1.82, 2.24) is 4.90 Å². The molecule has 0 bridgehead atoms. The topological polar surface area (TPSA) is 119 Å². The quantitative estimate of drug-likeness (QED) is 0.506. The predicted octanol–water partition coefficient (Wildman–Crippen LogP) is 3.19. The Kier molecular flexibility index (Phi) is 6.99. The van der Waals surface area contributed by atoms with Gasteiger partial charge in [-0.3, -0.25) is 19.2 Å². The number of imide groups is 1. The molecule has 0 spiro atoms. The van der Waals surface area contributed by atoms with Gasteiger partial charge in [-0.2, -0.15) is 0 Å². The van der Waals surface area contributed by atoms with Gasteiger partial charge in [0.15, 0.2) is 11.5 Å². The second kappa shape index (κ2) is 9.78. The number of rotatable bonds is 9. The highest BCUT2D eigenvalue weighted by atomic mass is 16.5. The van der Waals surface area contributed by atoms with Crippen molar-refractivity contribution < 1.29 is 28.7 Å². The number of hydrogen-bond acceptors (Lipinski definition) is 6. The second-order valence-electron chi connectivity index (χ2n) is 11.0. The smallest absolute Gasteiger partial charge is 0.257 e. The van der Waals surface area contributed by atoms with Gasteiger partial charge in [0.1, 0.15) is 6.04 Å². The summed E-state index contributed by atoms with van der Waals surface area (Å²) in [7, 11) is 3.12. The van der Waals surface area contributed by atoms with E-state index < -0.39 is 23.8 Å². The fourth-order valence-electron chi connectivity index (χ4n) is 5.59. The Bertz CT molecular complexity index is 1270. The average molecular weight is 522 g/mol. The molecule has 4 rings (SSSR count). The summed E-state index contributed by atoms with van der Waals surface area (Å²) in [6.07, 6.45) is 0.354. The molecule has 9 heteroatoms. The van der Waals surface area contributed by atoms with Crippen molar-refractivity contribution in [3.05, 3.63) is 53.6 Å². The molecular formula is C29H35N3O6. The first kappa shape index (κ1) is 27.2. The molecule has 1 saturated heterocycles. The highest BCUT2D eigenvalue weighted by molar-refractivity contribution is 6.23. The van der Waals surface area contributed by atoms with Gasteiger partial charge in [0.05, 0.1) is 26.3 Å². The lowest BCUT2D eigenvalue weighted by Crippen LogP contribution is -2.47. The zero-order valence-corrected chi connectivity index (χ0v) is 22.7. The van der Waals surface area contributed by atoms with Gasteiger partial charge >= 0.3 is 0 Å². The van der Waals surface area contributed by atoms with E-state index in [1.807, 2.05) is 12.1 Å². The Morgan fingerprint density at radius 1 is 0.974 bits per heavy atom. The lowest BCUT2D eigenvalue weighted by atomic mass is 10.0. The van der Waals surface area contributed by atoms with Gasteiger partial charge in [-0.1, -0.05) is 33.8 Å². The van der Waals surface area contributed by atoms with Crippen molar-refractivity contribution in [2.24, 2.45) is 22.5 Å². The van der Waals surface area contributed by atoms with Crippen LogP contribution in [0.5, 0.6) is 11.5 Å². The van der Waals surface area contributed by atoms with E-state index in [2.05, 4.69) is 27.7 Å². The van der Waals surface area contributed by atoms with Gasteiger partial charge in [-0.15, -0.1) is 0 Å². The number of ether oxygens (including phenoxy) is 2. The Morgan fingerprint density at radius 2 is 1.58 bits per heavy atom. The first-order valence-corrected chi connectivity index (χ1v) is 12.6. The lowest BCUT2D eigenvalue weighted by Gasteiger charge is -2.29. The van der Waals surface area contributed by atoms with E-state index in [4.69, 9.17) is 15.2 Å². The summed E-state index contributed by atoms with van der Waals surface area (Å²) in [5.41, 5.74) is 6.37. The van der Waals surface area contributed by atoms with Gasteiger partial charge < -0.3 is 20.1 Å². The lowest BCUT2D eigenvalue weighted by molar-refractivity contribution is -0.140. The maximum absolute atomic E-state index is 13.9. The molecule has 1 heterocycles. The van der Waals surface area contributed by atoms with Gasteiger partial charge in [-0.25, -0.2) is 4.90 Å². The molecule has 0 radical (unpaired) electrons. The largest absolute Gasteiger partial charge is 0.493 e. The summed E-state index contributed by atoms with van der Waals surface area (Å²) in [6, 6.07) is 10.6. The maximum Gasteiger partial charge on any atom is 0.257 e. The molecule has 0 aromatic heterocycles. The highest BCUT2D eigenvalue weighted by Gasteiger charge is 2.69. The number of carbonyl (C=O) groups excluding carboxylic acids is 4. The number of hydrogen-bond donors (Lipinski definition) is 1. The average Bonchev–Trinajstić information content (AvgIpc) is 3.11. The molecule has 2 aromatic carbocycles. The van der Waals surface area contributed by atoms with E-state index >= 15 is 0 Å². The van der Waals surface area contributed by atoms with Gasteiger partial charge in [0, 0.05) is 18.0 Å². The number of carbonyl (C=O) groups is 4. The molecule has 4 amide bonds. The van der Waals surface area contributed by atoms with Crippen LogP contribution in [0.3, 0.4) is 0 Å². The fraction of sp³-hybridized carbons (Fsp3) is 0.448. The minimum atomic E-state index is -0.918. The predicted molar refractivity (Wildman–Crippen MR) is 142 cm³/mol. The molecule has 202 valence electrons. The third kappa shape index (κ3) is 4.50. The number of benzene rings is 2. The van der Waals surface area contributed by atoms with E-state index in [9.17, 15) is 19.2 Å². The molecule has 2 aliphatic rings. The number of anilines is 1. The number of primary amides is 1. The normalized spacial score (nSPS) is 19.8. The van der Waals surface area contributed by atoms with Crippen LogP contribution in [0.4, 0.5) is 5.69 Å². The molecule has 38 heavy (non-hydrogen) atoms. The van der Waals surface area contributed by atoms with Crippen LogP contribution in [-0.2, 0) is 20.8 Å². The zero-order valence-electron chi connectivity index (χ0n) is 22.7. The molecule has 1 atom stereocenters. The standard InChI is InChI=1S/C29H35N3O6/c1-28(2)24(29(28,3)4)27(36)31(14-13-17-7-12-21(37-5)22(15-17)38-6)20-16-23(33)32(26(20)35)19-10-8-18(9-11-19)25(30)34/h7-12,15,20,24H,13-14,16H2,1-6H3,(H2,30,34). The van der Waals surface area contributed by atoms with Gasteiger partial charge in [-0.05, 0) is 59.2 Å². The minimum absolute atomic E-state index is 0.109. The van der Waals surface area contributed by atoms with E-state index in [-0.39, 0.29) is 41.2 Å². The molecular weight excluding hydrogens is 486 g/mol. The SMILES string of the molecule is COc1ccc(CCN(C(=O)C2C(C)(C)C2(C)C)C2CC(=O)N(c3ccc(C(N)=O)cc3)C2=O)cc1OC. The summed E-state index contributed by atoms with van der Waals surface area (Å²) in [5.74, 6) is -0.686. The van der Waals surface area contributed by atoms with Crippen LogP contribution in [0.2, 0.25) is 0 Å². The first-order chi connectivity index (χ1) is 17.8. The number of methoxy groups -OCH3 is 2. The summed E-state index contributed by atoms with van der Waals surface area (Å²) in [5, 5.41) is 0. The van der Waals surface area contributed by atoms with E-state index in [0.717, 1.165) is 10.5 Å². The Balaban J connectivity index is 1.62. The van der Waals surface area contributed by atoms with Crippen molar-refractivity contribution in [3.8, 4) is 11.5 Å². The van der Waals surface area contributed by atoms with Crippen LogP contribution in [0.15, 0.2) is 42.5 Å². The molecule has 1 aliphatic carbocycles. The van der Waals surface area contributed by atoms with Crippen molar-refractivity contribution in [2.45, 2.75) is 46.6 Å². The van der Waals surface area contributed by atoms with Crippen LogP contribution in [0, 0.1) is 16.7 Å². The van der Waals surface area contributed by atoms with Crippen LogP contribution in [-0.4, -0.2) is 55.3 Å². The van der Waals surface area contributed by atoms with Crippen molar-refractivity contribution in [3.63, 3.8) is 0 Å². The Labute approximate surface area is 222 Å². The van der Waals surface area contributed by atoms with Crippen molar-refractivity contribution in [2.75, 3.05) is 25.7 Å². The van der Waals surface area contributed by atoms with E-state index in [0.29, 0.717) is 23.6 Å². The fourth-order valence-corrected chi connectivity index (χ4v) is 5.59. The number of nitrogens with two attached hydrogens (primary N) is 1. The van der Waals surface area contributed by atoms with Crippen molar-refractivity contribution in [1.29, 1.82) is 0 Å².